The number of para-hydroxylation sites is 1. The summed E-state index contributed by atoms with van der Waals surface area (Å²) < 4.78 is 5.11. The van der Waals surface area contributed by atoms with Crippen molar-refractivity contribution in [1.29, 1.82) is 0 Å². The summed E-state index contributed by atoms with van der Waals surface area (Å²) in [6.07, 6.45) is 0. The van der Waals surface area contributed by atoms with Crippen molar-refractivity contribution in [2.24, 2.45) is 5.92 Å². The van der Waals surface area contributed by atoms with Gasteiger partial charge in [-0.1, -0.05) is 32.0 Å². The average molecular weight is 364 g/mol. The van der Waals surface area contributed by atoms with Crippen LogP contribution in [-0.4, -0.2) is 29.3 Å². The van der Waals surface area contributed by atoms with E-state index in [2.05, 4.69) is 10.3 Å². The summed E-state index contributed by atoms with van der Waals surface area (Å²) in [5.41, 5.74) is 2.15. The molecule has 0 bridgehead atoms. The highest BCUT2D eigenvalue weighted by atomic mass is 16.5. The lowest BCUT2D eigenvalue weighted by molar-refractivity contribution is -0.118. The number of fused-ring (bicyclic) bond motifs is 1. The van der Waals surface area contributed by atoms with Crippen LogP contribution in [0, 0.1) is 5.92 Å². The van der Waals surface area contributed by atoms with Crippen LogP contribution in [0.5, 0.6) is 0 Å². The zero-order valence-corrected chi connectivity index (χ0v) is 15.1. The van der Waals surface area contributed by atoms with Gasteiger partial charge in [0.1, 0.15) is 5.69 Å². The van der Waals surface area contributed by atoms with Gasteiger partial charge in [-0.05, 0) is 36.4 Å². The van der Waals surface area contributed by atoms with Crippen molar-refractivity contribution in [1.82, 2.24) is 4.98 Å². The summed E-state index contributed by atoms with van der Waals surface area (Å²) in [5, 5.41) is 3.65. The number of ketones is 1. The summed E-state index contributed by atoms with van der Waals surface area (Å²) in [4.78, 5) is 39.0. The van der Waals surface area contributed by atoms with E-state index in [1.807, 2.05) is 24.3 Å². The summed E-state index contributed by atoms with van der Waals surface area (Å²) in [5.74, 6) is -1.13. The molecule has 0 radical (unpaired) electrons. The molecule has 3 rings (SSSR count). The zero-order valence-electron chi connectivity index (χ0n) is 15.1. The Morgan fingerprint density at radius 2 is 1.74 bits per heavy atom. The lowest BCUT2D eigenvalue weighted by atomic mass is 10.1. The van der Waals surface area contributed by atoms with Crippen molar-refractivity contribution in [2.45, 2.75) is 13.8 Å². The number of nitrogens with one attached hydrogen (secondary N) is 2. The highest BCUT2D eigenvalue weighted by Crippen LogP contribution is 2.16. The van der Waals surface area contributed by atoms with Crippen LogP contribution in [-0.2, 0) is 9.53 Å². The number of aromatic amines is 1. The topological polar surface area (TPSA) is 88.3 Å². The number of aromatic nitrogens is 1. The van der Waals surface area contributed by atoms with Crippen LogP contribution in [0.2, 0.25) is 0 Å². The molecule has 6 nitrogen and oxygen atoms in total. The fourth-order valence-corrected chi connectivity index (χ4v) is 2.50. The fourth-order valence-electron chi connectivity index (χ4n) is 2.50. The second kappa shape index (κ2) is 7.86. The van der Waals surface area contributed by atoms with Crippen LogP contribution < -0.4 is 5.32 Å². The number of amides is 1. The number of carbonyl (C=O) groups is 3. The lowest BCUT2D eigenvalue weighted by Crippen LogP contribution is -2.18. The van der Waals surface area contributed by atoms with Gasteiger partial charge in [0.2, 0.25) is 5.91 Å². The molecule has 3 aromatic rings. The quantitative estimate of drug-likeness (QED) is 0.514. The lowest BCUT2D eigenvalue weighted by Gasteiger charge is -2.08. The minimum atomic E-state index is -0.583. The second-order valence-corrected chi connectivity index (χ2v) is 6.49. The van der Waals surface area contributed by atoms with E-state index >= 15 is 0 Å². The summed E-state index contributed by atoms with van der Waals surface area (Å²) >= 11 is 0. The number of carbonyl (C=O) groups excluding carboxylic acids is 3. The van der Waals surface area contributed by atoms with Crippen molar-refractivity contribution in [3.05, 3.63) is 65.9 Å². The van der Waals surface area contributed by atoms with Gasteiger partial charge in [-0.2, -0.15) is 0 Å². The second-order valence-electron chi connectivity index (χ2n) is 6.49. The van der Waals surface area contributed by atoms with Gasteiger partial charge in [-0.25, -0.2) is 4.79 Å². The molecule has 0 aliphatic carbocycles. The molecule has 0 unspecified atom stereocenters. The van der Waals surface area contributed by atoms with Crippen molar-refractivity contribution in [2.75, 3.05) is 11.9 Å². The standard InChI is InChI=1S/C21H20N2O4/c1-13(2)20(25)22-16-9-7-14(8-10-16)19(24)12-27-21(26)18-11-15-5-3-4-6-17(15)23-18/h3-11,13,23H,12H2,1-2H3,(H,22,25). The molecular formula is C21H20N2O4. The molecule has 2 aromatic carbocycles. The maximum Gasteiger partial charge on any atom is 0.355 e. The first kappa shape index (κ1) is 18.4. The van der Waals surface area contributed by atoms with Crippen molar-refractivity contribution < 1.29 is 19.1 Å². The molecule has 0 aliphatic rings. The molecular weight excluding hydrogens is 344 g/mol. The molecule has 0 atom stereocenters. The predicted octanol–water partition coefficient (Wildman–Crippen LogP) is 3.80. The summed E-state index contributed by atoms with van der Waals surface area (Å²) in [7, 11) is 0. The molecule has 0 aliphatic heterocycles. The maximum absolute atomic E-state index is 12.2. The Morgan fingerprint density at radius 1 is 1.04 bits per heavy atom. The van der Waals surface area contributed by atoms with Crippen LogP contribution in [0.15, 0.2) is 54.6 Å². The van der Waals surface area contributed by atoms with E-state index in [-0.39, 0.29) is 24.2 Å². The highest BCUT2D eigenvalue weighted by Gasteiger charge is 2.14. The predicted molar refractivity (Wildman–Crippen MR) is 103 cm³/mol. The Bertz CT molecular complexity index is 954. The summed E-state index contributed by atoms with van der Waals surface area (Å²) in [6.45, 7) is 3.25. The van der Waals surface area contributed by atoms with E-state index < -0.39 is 5.97 Å². The van der Waals surface area contributed by atoms with Gasteiger partial charge in [-0.15, -0.1) is 0 Å². The maximum atomic E-state index is 12.2. The number of rotatable bonds is 6. The Labute approximate surface area is 156 Å². The normalized spacial score (nSPS) is 10.8. The first-order valence-electron chi connectivity index (χ1n) is 8.63. The Balaban J connectivity index is 1.58. The number of esters is 1. The van der Waals surface area contributed by atoms with E-state index in [1.54, 1.807) is 44.2 Å². The van der Waals surface area contributed by atoms with Gasteiger partial charge in [0.25, 0.3) is 0 Å². The minimum absolute atomic E-state index is 0.0960. The number of Topliss-reactive ketones (excluding diaryl/α,β-unsaturated/α-hetero) is 1. The van der Waals surface area contributed by atoms with Crippen LogP contribution in [0.25, 0.3) is 10.9 Å². The Kier molecular flexibility index (Phi) is 5.35. The van der Waals surface area contributed by atoms with E-state index in [1.165, 1.54) is 0 Å². The zero-order chi connectivity index (χ0) is 19.4. The molecule has 27 heavy (non-hydrogen) atoms. The molecule has 6 heteroatoms. The van der Waals surface area contributed by atoms with Crippen molar-refractivity contribution in [3.8, 4) is 0 Å². The van der Waals surface area contributed by atoms with E-state index in [0.717, 1.165) is 10.9 Å². The third-order valence-corrected chi connectivity index (χ3v) is 4.08. The van der Waals surface area contributed by atoms with Gasteiger partial charge < -0.3 is 15.0 Å². The van der Waals surface area contributed by atoms with E-state index in [9.17, 15) is 14.4 Å². The molecule has 0 saturated heterocycles. The number of benzene rings is 2. The number of hydrogen-bond acceptors (Lipinski definition) is 4. The summed E-state index contributed by atoms with van der Waals surface area (Å²) in [6, 6.07) is 15.6. The average Bonchev–Trinajstić information content (AvgIpc) is 3.10. The van der Waals surface area contributed by atoms with Crippen LogP contribution >= 0.6 is 0 Å². The first-order chi connectivity index (χ1) is 12.9. The molecule has 0 saturated carbocycles. The molecule has 1 heterocycles. The van der Waals surface area contributed by atoms with E-state index in [0.29, 0.717) is 16.9 Å². The number of ether oxygens (including phenoxy) is 1. The minimum Gasteiger partial charge on any atom is -0.453 e. The van der Waals surface area contributed by atoms with Gasteiger partial charge >= 0.3 is 5.97 Å². The Morgan fingerprint density at radius 3 is 2.41 bits per heavy atom. The molecule has 2 N–H and O–H groups in total. The van der Waals surface area contributed by atoms with Gasteiger partial charge in [0.15, 0.2) is 12.4 Å². The first-order valence-corrected chi connectivity index (χ1v) is 8.63. The van der Waals surface area contributed by atoms with Crippen LogP contribution in [0.1, 0.15) is 34.7 Å². The van der Waals surface area contributed by atoms with Gasteiger partial charge in [0, 0.05) is 28.1 Å². The largest absolute Gasteiger partial charge is 0.453 e. The SMILES string of the molecule is CC(C)C(=O)Nc1ccc(C(=O)COC(=O)c2cc3ccccc3[nH]2)cc1. The number of hydrogen-bond donors (Lipinski definition) is 2. The molecule has 0 fully saturated rings. The van der Waals surface area contributed by atoms with Gasteiger partial charge in [0.05, 0.1) is 0 Å². The van der Waals surface area contributed by atoms with Crippen molar-refractivity contribution in [3.63, 3.8) is 0 Å². The van der Waals surface area contributed by atoms with Crippen molar-refractivity contribution >= 4 is 34.3 Å². The smallest absolute Gasteiger partial charge is 0.355 e. The highest BCUT2D eigenvalue weighted by molar-refractivity contribution is 6.00. The number of anilines is 1. The van der Waals surface area contributed by atoms with E-state index in [4.69, 9.17) is 4.74 Å². The van der Waals surface area contributed by atoms with Gasteiger partial charge in [-0.3, -0.25) is 9.59 Å². The van der Waals surface area contributed by atoms with Crippen LogP contribution in [0.4, 0.5) is 5.69 Å². The molecule has 138 valence electrons. The molecule has 1 aromatic heterocycles. The third kappa shape index (κ3) is 4.41. The molecule has 0 spiro atoms. The molecule has 1 amide bonds. The number of H-pyrrole nitrogens is 1. The Hall–Kier alpha value is -3.41. The third-order valence-electron chi connectivity index (χ3n) is 4.08. The monoisotopic (exact) mass is 364 g/mol. The van der Waals surface area contributed by atoms with Crippen LogP contribution in [0.3, 0.4) is 0 Å². The fraction of sp³-hybridized carbons (Fsp3) is 0.190.